The van der Waals surface area contributed by atoms with E-state index in [-0.39, 0.29) is 29.3 Å². The molecular weight excluding hydrogens is 396 g/mol. The summed E-state index contributed by atoms with van der Waals surface area (Å²) in [5.74, 6) is -0.650. The van der Waals surface area contributed by atoms with Gasteiger partial charge in [-0.2, -0.15) is 0 Å². The average molecular weight is 435 g/mol. The predicted molar refractivity (Wildman–Crippen MR) is 118 cm³/mol. The van der Waals surface area contributed by atoms with Crippen molar-refractivity contribution in [2.24, 2.45) is 22.7 Å². The first-order valence-electron chi connectivity index (χ1n) is 11.2. The summed E-state index contributed by atoms with van der Waals surface area (Å²) in [7, 11) is 1.42. The highest BCUT2D eigenvalue weighted by molar-refractivity contribution is 5.89. The topological polar surface area (TPSA) is 78.9 Å². The zero-order chi connectivity index (χ0) is 23.4. The molecule has 6 nitrogen and oxygen atoms in total. The van der Waals surface area contributed by atoms with Gasteiger partial charge >= 0.3 is 17.9 Å². The molecule has 0 spiro atoms. The van der Waals surface area contributed by atoms with Crippen LogP contribution in [0.25, 0.3) is 0 Å². The molecule has 0 heterocycles. The smallest absolute Gasteiger partial charge is 0.333 e. The third-order valence-electron chi connectivity index (χ3n) is 7.40. The van der Waals surface area contributed by atoms with Crippen LogP contribution in [0.3, 0.4) is 0 Å². The molecule has 0 aromatic rings. The molecule has 2 rings (SSSR count). The highest BCUT2D eigenvalue weighted by atomic mass is 16.6. The summed E-state index contributed by atoms with van der Waals surface area (Å²) < 4.78 is 15.5. The van der Waals surface area contributed by atoms with Crippen molar-refractivity contribution in [3.8, 4) is 0 Å². The first kappa shape index (κ1) is 25.2. The van der Waals surface area contributed by atoms with Crippen LogP contribution in [0.2, 0.25) is 0 Å². The van der Waals surface area contributed by atoms with Gasteiger partial charge < -0.3 is 14.2 Å². The molecule has 0 N–H and O–H groups in total. The minimum atomic E-state index is -0.693. The van der Waals surface area contributed by atoms with Gasteiger partial charge in [-0.15, -0.1) is 0 Å². The van der Waals surface area contributed by atoms with Crippen molar-refractivity contribution >= 4 is 17.9 Å². The second-order valence-corrected chi connectivity index (χ2v) is 9.94. The highest BCUT2D eigenvalue weighted by Gasteiger charge is 2.53. The van der Waals surface area contributed by atoms with E-state index < -0.39 is 18.0 Å². The lowest BCUT2D eigenvalue weighted by molar-refractivity contribution is -0.154. The molecule has 0 amide bonds. The third kappa shape index (κ3) is 5.78. The highest BCUT2D eigenvalue weighted by Crippen LogP contribution is 2.60. The van der Waals surface area contributed by atoms with Crippen molar-refractivity contribution in [2.45, 2.75) is 79.2 Å². The number of fused-ring (bicyclic) bond motifs is 1. The molecule has 0 bridgehead atoms. The van der Waals surface area contributed by atoms with Gasteiger partial charge in [-0.05, 0) is 60.3 Å². The summed E-state index contributed by atoms with van der Waals surface area (Å²) in [6.45, 7) is 13.7. The maximum absolute atomic E-state index is 12.6. The van der Waals surface area contributed by atoms with E-state index in [0.29, 0.717) is 24.3 Å². The van der Waals surface area contributed by atoms with E-state index >= 15 is 0 Å². The number of carbonyl (C=O) groups is 3. The maximum atomic E-state index is 12.6. The minimum Gasteiger partial charge on any atom is -0.466 e. The van der Waals surface area contributed by atoms with Crippen LogP contribution < -0.4 is 0 Å². The molecule has 2 aliphatic carbocycles. The normalized spacial score (nSPS) is 27.9. The number of carbonyl (C=O) groups excluding carboxylic acids is 3. The zero-order valence-corrected chi connectivity index (χ0v) is 19.9. The van der Waals surface area contributed by atoms with Crippen LogP contribution in [0.5, 0.6) is 0 Å². The van der Waals surface area contributed by atoms with E-state index in [1.54, 1.807) is 0 Å². The van der Waals surface area contributed by atoms with Crippen molar-refractivity contribution in [2.75, 3.05) is 13.7 Å². The van der Waals surface area contributed by atoms with Crippen molar-refractivity contribution < 1.29 is 28.6 Å². The van der Waals surface area contributed by atoms with Crippen molar-refractivity contribution in [1.29, 1.82) is 0 Å². The molecule has 0 radical (unpaired) electrons. The fourth-order valence-corrected chi connectivity index (χ4v) is 5.86. The molecule has 1 saturated carbocycles. The SMILES string of the molecule is C=C(CC[C@H]1C(C(=O)OC)=CC[C@H]2C(C)(C)CCC[C@]12C)[C@H](COC(C)=O)OC(C)=O. The quantitative estimate of drug-likeness (QED) is 0.311. The van der Waals surface area contributed by atoms with E-state index in [2.05, 4.69) is 33.4 Å². The van der Waals surface area contributed by atoms with Crippen LogP contribution in [0.1, 0.15) is 73.1 Å². The van der Waals surface area contributed by atoms with Gasteiger partial charge in [0.15, 0.2) is 6.10 Å². The second kappa shape index (κ2) is 10.0. The van der Waals surface area contributed by atoms with Gasteiger partial charge in [0.05, 0.1) is 7.11 Å². The fraction of sp³-hybridized carbons (Fsp3) is 0.720. The Labute approximate surface area is 186 Å². The van der Waals surface area contributed by atoms with Crippen LogP contribution in [0.15, 0.2) is 23.8 Å². The maximum Gasteiger partial charge on any atom is 0.333 e. The molecule has 0 aliphatic heterocycles. The minimum absolute atomic E-state index is 0.0207. The first-order valence-corrected chi connectivity index (χ1v) is 11.2. The molecule has 31 heavy (non-hydrogen) atoms. The molecule has 0 aromatic heterocycles. The Hall–Kier alpha value is -2.11. The molecule has 0 aromatic carbocycles. The summed E-state index contributed by atoms with van der Waals surface area (Å²) in [5, 5.41) is 0. The average Bonchev–Trinajstić information content (AvgIpc) is 2.67. The number of esters is 3. The van der Waals surface area contributed by atoms with Crippen LogP contribution in [-0.2, 0) is 28.6 Å². The van der Waals surface area contributed by atoms with Crippen LogP contribution in [0.4, 0.5) is 0 Å². The molecule has 0 unspecified atom stereocenters. The molecule has 0 saturated heterocycles. The Kier molecular flexibility index (Phi) is 8.12. The van der Waals surface area contributed by atoms with Crippen molar-refractivity contribution in [3.63, 3.8) is 0 Å². The fourth-order valence-electron chi connectivity index (χ4n) is 5.86. The largest absolute Gasteiger partial charge is 0.466 e. The lowest BCUT2D eigenvalue weighted by Gasteiger charge is -2.56. The van der Waals surface area contributed by atoms with Gasteiger partial charge in [-0.25, -0.2) is 4.79 Å². The summed E-state index contributed by atoms with van der Waals surface area (Å²) in [6.07, 6.45) is 6.89. The molecule has 174 valence electrons. The van der Waals surface area contributed by atoms with Crippen LogP contribution in [0, 0.1) is 22.7 Å². The van der Waals surface area contributed by atoms with Gasteiger partial charge in [0.1, 0.15) is 6.61 Å². The van der Waals surface area contributed by atoms with Crippen molar-refractivity contribution in [1.82, 2.24) is 0 Å². The molecule has 4 atom stereocenters. The van der Waals surface area contributed by atoms with E-state index in [1.165, 1.54) is 27.4 Å². The Morgan fingerprint density at radius 1 is 1.16 bits per heavy atom. The lowest BCUT2D eigenvalue weighted by Crippen LogP contribution is -2.49. The monoisotopic (exact) mass is 434 g/mol. The van der Waals surface area contributed by atoms with E-state index in [9.17, 15) is 14.4 Å². The van der Waals surface area contributed by atoms with Crippen molar-refractivity contribution in [3.05, 3.63) is 23.8 Å². The van der Waals surface area contributed by atoms with Gasteiger partial charge in [0.25, 0.3) is 0 Å². The number of hydrogen-bond donors (Lipinski definition) is 0. The van der Waals surface area contributed by atoms with Gasteiger partial charge in [0.2, 0.25) is 0 Å². The lowest BCUT2D eigenvalue weighted by atomic mass is 9.48. The van der Waals surface area contributed by atoms with E-state index in [1.807, 2.05) is 0 Å². The van der Waals surface area contributed by atoms with Crippen LogP contribution in [-0.4, -0.2) is 37.7 Å². The third-order valence-corrected chi connectivity index (χ3v) is 7.40. The summed E-state index contributed by atoms with van der Waals surface area (Å²) in [4.78, 5) is 35.4. The van der Waals surface area contributed by atoms with Gasteiger partial charge in [0, 0.05) is 19.4 Å². The Morgan fingerprint density at radius 2 is 1.84 bits per heavy atom. The number of hydrogen-bond acceptors (Lipinski definition) is 6. The standard InChI is InChI=1S/C25H38O6/c1-16(21(31-18(3)27)15-30-17(2)26)9-11-20-19(23(28)29-7)10-12-22-24(4,5)13-8-14-25(20,22)6/h10,20-22H,1,8-9,11-15H2,2-7H3/t20-,21-,22-,25+/m0/s1. The second-order valence-electron chi connectivity index (χ2n) is 9.94. The molecule has 1 fully saturated rings. The number of methoxy groups -OCH3 is 1. The number of allylic oxidation sites excluding steroid dienone is 1. The summed E-state index contributed by atoms with van der Waals surface area (Å²) in [6, 6.07) is 0. The number of rotatable bonds is 8. The molecular formula is C25H38O6. The van der Waals surface area contributed by atoms with Crippen LogP contribution >= 0.6 is 0 Å². The van der Waals surface area contributed by atoms with Gasteiger partial charge in [-0.3, -0.25) is 9.59 Å². The molecule has 2 aliphatic rings. The first-order chi connectivity index (χ1) is 14.4. The molecule has 6 heteroatoms. The predicted octanol–water partition coefficient (Wildman–Crippen LogP) is 4.77. The van der Waals surface area contributed by atoms with E-state index in [0.717, 1.165) is 24.8 Å². The Bertz CT molecular complexity index is 749. The Morgan fingerprint density at radius 3 is 2.42 bits per heavy atom. The summed E-state index contributed by atoms with van der Waals surface area (Å²) >= 11 is 0. The zero-order valence-electron chi connectivity index (χ0n) is 19.9. The summed E-state index contributed by atoms with van der Waals surface area (Å²) in [5.41, 5.74) is 1.61. The number of ether oxygens (including phenoxy) is 3. The Balaban J connectivity index is 2.25. The van der Waals surface area contributed by atoms with E-state index in [4.69, 9.17) is 14.2 Å². The van der Waals surface area contributed by atoms with Gasteiger partial charge in [-0.1, -0.05) is 39.8 Å².